The van der Waals surface area contributed by atoms with Crippen molar-refractivity contribution in [3.05, 3.63) is 29.8 Å². The Balaban J connectivity index is 1.37. The number of rotatable bonds is 8. The van der Waals surface area contributed by atoms with Crippen LogP contribution in [0.3, 0.4) is 0 Å². The third-order valence-electron chi connectivity index (χ3n) is 5.26. The third kappa shape index (κ3) is 7.05. The van der Waals surface area contributed by atoms with E-state index in [1.807, 2.05) is 24.3 Å². The van der Waals surface area contributed by atoms with Crippen LogP contribution in [-0.2, 0) is 20.8 Å². The van der Waals surface area contributed by atoms with Gasteiger partial charge in [0, 0.05) is 38.0 Å². The molecule has 0 saturated carbocycles. The summed E-state index contributed by atoms with van der Waals surface area (Å²) in [6, 6.07) is 7.88. The van der Waals surface area contributed by atoms with Crippen LogP contribution in [0.2, 0.25) is 0 Å². The van der Waals surface area contributed by atoms with Gasteiger partial charge in [0.25, 0.3) is 0 Å². The van der Waals surface area contributed by atoms with Crippen LogP contribution in [0.5, 0.6) is 0 Å². The van der Waals surface area contributed by atoms with Gasteiger partial charge >= 0.3 is 6.03 Å². The molecule has 2 unspecified atom stereocenters. The maximum Gasteiger partial charge on any atom is 0.319 e. The maximum absolute atomic E-state index is 12.2. The molecule has 1 aromatic carbocycles. The molecule has 7 heteroatoms. The predicted octanol–water partition coefficient (Wildman–Crippen LogP) is 2.61. The van der Waals surface area contributed by atoms with Crippen LogP contribution in [0.25, 0.3) is 0 Å². The molecule has 2 aliphatic rings. The number of morpholine rings is 1. The van der Waals surface area contributed by atoms with E-state index in [9.17, 15) is 4.79 Å². The van der Waals surface area contributed by atoms with Crippen molar-refractivity contribution >= 4 is 11.7 Å². The Morgan fingerprint density at radius 3 is 2.93 bits per heavy atom. The predicted molar refractivity (Wildman–Crippen MR) is 109 cm³/mol. The first-order valence-corrected chi connectivity index (χ1v) is 10.4. The van der Waals surface area contributed by atoms with E-state index >= 15 is 0 Å². The fraction of sp³-hybridized carbons (Fsp3) is 0.667. The van der Waals surface area contributed by atoms with Crippen molar-refractivity contribution in [3.8, 4) is 0 Å². The minimum atomic E-state index is -0.186. The highest BCUT2D eigenvalue weighted by molar-refractivity contribution is 5.89. The summed E-state index contributed by atoms with van der Waals surface area (Å²) in [5.41, 5.74) is 1.81. The number of benzene rings is 1. The number of nitrogens with zero attached hydrogens (tertiary/aromatic N) is 1. The number of carbonyl (C=O) groups is 1. The van der Waals surface area contributed by atoms with Gasteiger partial charge in [0.15, 0.2) is 0 Å². The van der Waals surface area contributed by atoms with Crippen LogP contribution >= 0.6 is 0 Å². The number of amides is 2. The molecule has 0 radical (unpaired) electrons. The van der Waals surface area contributed by atoms with Gasteiger partial charge in [0.2, 0.25) is 0 Å². The molecule has 2 heterocycles. The van der Waals surface area contributed by atoms with Crippen LogP contribution in [0.15, 0.2) is 24.3 Å². The van der Waals surface area contributed by atoms with Crippen molar-refractivity contribution in [3.63, 3.8) is 0 Å². The Hall–Kier alpha value is -1.67. The van der Waals surface area contributed by atoms with Gasteiger partial charge in [-0.25, -0.2) is 4.79 Å². The zero-order valence-corrected chi connectivity index (χ0v) is 16.8. The molecule has 156 valence electrons. The Morgan fingerprint density at radius 1 is 1.29 bits per heavy atom. The van der Waals surface area contributed by atoms with Gasteiger partial charge in [-0.15, -0.1) is 0 Å². The molecule has 0 spiro atoms. The van der Waals surface area contributed by atoms with E-state index in [2.05, 4.69) is 22.5 Å². The zero-order chi connectivity index (χ0) is 19.6. The van der Waals surface area contributed by atoms with Crippen molar-refractivity contribution < 1.29 is 19.0 Å². The molecule has 0 bridgehead atoms. The molecule has 2 N–H and O–H groups in total. The van der Waals surface area contributed by atoms with Crippen LogP contribution in [0.1, 0.15) is 31.7 Å². The number of carbonyl (C=O) groups excluding carboxylic acids is 1. The molecule has 1 aromatic rings. The molecule has 2 aliphatic heterocycles. The quantitative estimate of drug-likeness (QED) is 0.713. The van der Waals surface area contributed by atoms with Crippen LogP contribution < -0.4 is 10.6 Å². The largest absolute Gasteiger partial charge is 0.379 e. The molecule has 28 heavy (non-hydrogen) atoms. The first kappa shape index (κ1) is 21.0. The summed E-state index contributed by atoms with van der Waals surface area (Å²) in [7, 11) is 0. The fourth-order valence-electron chi connectivity index (χ4n) is 3.55. The molecule has 0 aliphatic carbocycles. The maximum atomic E-state index is 12.2. The van der Waals surface area contributed by atoms with Gasteiger partial charge < -0.3 is 24.8 Å². The number of nitrogens with one attached hydrogen (secondary N) is 2. The lowest BCUT2D eigenvalue weighted by atomic mass is 10.1. The van der Waals surface area contributed by atoms with Gasteiger partial charge in [-0.3, -0.25) is 4.90 Å². The molecule has 0 aromatic heterocycles. The van der Waals surface area contributed by atoms with E-state index in [4.69, 9.17) is 14.2 Å². The fourth-order valence-corrected chi connectivity index (χ4v) is 3.55. The molecule has 2 saturated heterocycles. The molecule has 2 amide bonds. The highest BCUT2D eigenvalue weighted by Gasteiger charge is 2.17. The summed E-state index contributed by atoms with van der Waals surface area (Å²) in [6.45, 7) is 8.07. The minimum Gasteiger partial charge on any atom is -0.379 e. The first-order valence-electron chi connectivity index (χ1n) is 10.4. The van der Waals surface area contributed by atoms with E-state index in [1.54, 1.807) is 0 Å². The molecule has 2 atom stereocenters. The van der Waals surface area contributed by atoms with Gasteiger partial charge in [0.05, 0.1) is 32.5 Å². The Morgan fingerprint density at radius 2 is 2.14 bits per heavy atom. The monoisotopic (exact) mass is 391 g/mol. The number of anilines is 1. The van der Waals surface area contributed by atoms with Crippen LogP contribution in [-0.4, -0.2) is 69.1 Å². The van der Waals surface area contributed by atoms with Crippen LogP contribution in [0.4, 0.5) is 10.5 Å². The SMILES string of the molecule is CC(CNC(=O)Nc1cccc(COCC2CCCCO2)c1)N1CCOCC1. The number of urea groups is 1. The number of ether oxygens (including phenoxy) is 3. The van der Waals surface area contributed by atoms with E-state index < -0.39 is 0 Å². The molecule has 3 rings (SSSR count). The lowest BCUT2D eigenvalue weighted by Crippen LogP contribution is -2.47. The summed E-state index contributed by atoms with van der Waals surface area (Å²) >= 11 is 0. The van der Waals surface area contributed by atoms with Crippen molar-refractivity contribution in [1.29, 1.82) is 0 Å². The molecule has 2 fully saturated rings. The van der Waals surface area contributed by atoms with Crippen molar-refractivity contribution in [1.82, 2.24) is 10.2 Å². The summed E-state index contributed by atoms with van der Waals surface area (Å²) in [5, 5.41) is 5.86. The average molecular weight is 392 g/mol. The van der Waals surface area contributed by atoms with Gasteiger partial charge in [-0.05, 0) is 43.9 Å². The standard InChI is InChI=1S/C21H33N3O4/c1-17(24-8-11-26-12-9-24)14-22-21(25)23-19-6-4-5-18(13-19)15-27-16-20-7-2-3-10-28-20/h4-6,13,17,20H,2-3,7-12,14-16H2,1H3,(H2,22,23,25). The highest BCUT2D eigenvalue weighted by Crippen LogP contribution is 2.15. The van der Waals surface area contributed by atoms with Gasteiger partial charge in [-0.2, -0.15) is 0 Å². The number of hydrogen-bond donors (Lipinski definition) is 2. The summed E-state index contributed by atoms with van der Waals surface area (Å²) in [4.78, 5) is 14.5. The molecular formula is C21H33N3O4. The summed E-state index contributed by atoms with van der Waals surface area (Å²) in [6.07, 6.45) is 3.66. The second-order valence-corrected chi connectivity index (χ2v) is 7.54. The first-order chi connectivity index (χ1) is 13.7. The van der Waals surface area contributed by atoms with E-state index in [0.717, 1.165) is 57.0 Å². The normalized spacial score (nSPS) is 21.8. The average Bonchev–Trinajstić information content (AvgIpc) is 2.74. The third-order valence-corrected chi connectivity index (χ3v) is 5.26. The lowest BCUT2D eigenvalue weighted by molar-refractivity contribution is -0.0447. The Bertz CT molecular complexity index is 601. The minimum absolute atomic E-state index is 0.186. The summed E-state index contributed by atoms with van der Waals surface area (Å²) in [5.74, 6) is 0. The second-order valence-electron chi connectivity index (χ2n) is 7.54. The number of hydrogen-bond acceptors (Lipinski definition) is 5. The Kier molecular flexibility index (Phi) is 8.54. The lowest BCUT2D eigenvalue weighted by Gasteiger charge is -2.32. The van der Waals surface area contributed by atoms with Gasteiger partial charge in [-0.1, -0.05) is 12.1 Å². The van der Waals surface area contributed by atoms with Crippen LogP contribution in [0, 0.1) is 0 Å². The van der Waals surface area contributed by atoms with Gasteiger partial charge in [0.1, 0.15) is 0 Å². The molecular weight excluding hydrogens is 358 g/mol. The van der Waals surface area contributed by atoms with Crippen molar-refractivity contribution in [2.45, 2.75) is 44.9 Å². The summed E-state index contributed by atoms with van der Waals surface area (Å²) < 4.78 is 16.8. The smallest absolute Gasteiger partial charge is 0.319 e. The van der Waals surface area contributed by atoms with Crippen molar-refractivity contribution in [2.75, 3.05) is 51.4 Å². The topological polar surface area (TPSA) is 72.1 Å². The highest BCUT2D eigenvalue weighted by atomic mass is 16.5. The van der Waals surface area contributed by atoms with Crippen molar-refractivity contribution in [2.24, 2.45) is 0 Å². The van der Waals surface area contributed by atoms with E-state index in [0.29, 0.717) is 19.8 Å². The van der Waals surface area contributed by atoms with E-state index in [-0.39, 0.29) is 18.2 Å². The molecule has 7 nitrogen and oxygen atoms in total. The second kappa shape index (κ2) is 11.4. The van der Waals surface area contributed by atoms with E-state index in [1.165, 1.54) is 6.42 Å². The zero-order valence-electron chi connectivity index (χ0n) is 16.8. The Labute approximate surface area is 167 Å².